The minimum absolute atomic E-state index is 0.378. The van der Waals surface area contributed by atoms with E-state index in [-0.39, 0.29) is 6.04 Å². The largest absolute Gasteiger partial charge is 0.492 e. The van der Waals surface area contributed by atoms with Crippen molar-refractivity contribution in [3.63, 3.8) is 0 Å². The van der Waals surface area contributed by atoms with Gasteiger partial charge >= 0.3 is 0 Å². The second-order valence-corrected chi connectivity index (χ2v) is 5.53. The van der Waals surface area contributed by atoms with Gasteiger partial charge in [0.05, 0.1) is 23.3 Å². The highest BCUT2D eigenvalue weighted by atomic mass is 79.9. The number of nitrogens with zero attached hydrogens (tertiary/aromatic N) is 1. The lowest BCUT2D eigenvalue weighted by Gasteiger charge is -2.10. The number of pyridine rings is 1. The lowest BCUT2D eigenvalue weighted by Crippen LogP contribution is -2.11. The van der Waals surface area contributed by atoms with E-state index in [4.69, 9.17) is 14.9 Å². The normalized spacial score (nSPS) is 12.5. The third kappa shape index (κ3) is 2.80. The van der Waals surface area contributed by atoms with E-state index in [9.17, 15) is 0 Å². The Kier molecular flexibility index (Phi) is 3.94. The van der Waals surface area contributed by atoms with E-state index in [1.54, 1.807) is 12.4 Å². The zero-order valence-electron chi connectivity index (χ0n) is 11.5. The summed E-state index contributed by atoms with van der Waals surface area (Å²) in [7, 11) is 0. The Morgan fingerprint density at radius 3 is 2.95 bits per heavy atom. The molecule has 0 amide bonds. The Balaban J connectivity index is 1.98. The highest BCUT2D eigenvalue weighted by Gasteiger charge is 2.16. The number of halogens is 1. The van der Waals surface area contributed by atoms with Crippen molar-refractivity contribution in [1.29, 1.82) is 0 Å². The van der Waals surface area contributed by atoms with Gasteiger partial charge in [-0.3, -0.25) is 4.98 Å². The van der Waals surface area contributed by atoms with E-state index in [0.29, 0.717) is 18.1 Å². The number of hydrogen-bond donors (Lipinski definition) is 1. The fourth-order valence-electron chi connectivity index (χ4n) is 2.22. The number of rotatable bonds is 4. The van der Waals surface area contributed by atoms with Crippen LogP contribution in [0.25, 0.3) is 11.0 Å². The van der Waals surface area contributed by atoms with Crippen LogP contribution >= 0.6 is 15.9 Å². The van der Waals surface area contributed by atoms with E-state index in [2.05, 4.69) is 20.9 Å². The predicted octanol–water partition coefficient (Wildman–Crippen LogP) is 4.04. The van der Waals surface area contributed by atoms with Crippen LogP contribution in [0, 0.1) is 0 Å². The van der Waals surface area contributed by atoms with Crippen molar-refractivity contribution in [2.45, 2.75) is 13.0 Å². The van der Waals surface area contributed by atoms with Crippen LogP contribution in [-0.4, -0.2) is 11.6 Å². The van der Waals surface area contributed by atoms with Gasteiger partial charge in [-0.15, -0.1) is 0 Å². The Labute approximate surface area is 131 Å². The number of benzene rings is 1. The number of furan rings is 1. The van der Waals surface area contributed by atoms with Crippen molar-refractivity contribution in [2.24, 2.45) is 5.73 Å². The van der Waals surface area contributed by atoms with Crippen molar-refractivity contribution < 1.29 is 9.15 Å². The molecule has 2 aromatic heterocycles. The third-order valence-electron chi connectivity index (χ3n) is 3.23. The SMILES string of the molecule is CCOc1cncc(C(N)c2cc3cccc(Br)c3o2)c1. The van der Waals surface area contributed by atoms with Crippen molar-refractivity contribution in [3.05, 3.63) is 58.5 Å². The molecule has 0 aliphatic rings. The van der Waals surface area contributed by atoms with Crippen LogP contribution in [0.3, 0.4) is 0 Å². The van der Waals surface area contributed by atoms with E-state index in [1.807, 2.05) is 37.3 Å². The molecule has 0 saturated carbocycles. The van der Waals surface area contributed by atoms with E-state index >= 15 is 0 Å². The van der Waals surface area contributed by atoms with Gasteiger partial charge in [-0.1, -0.05) is 12.1 Å². The number of para-hydroxylation sites is 1. The fourth-order valence-corrected chi connectivity index (χ4v) is 2.68. The molecule has 0 radical (unpaired) electrons. The molecule has 1 unspecified atom stereocenters. The second-order valence-electron chi connectivity index (χ2n) is 4.67. The maximum absolute atomic E-state index is 6.29. The van der Waals surface area contributed by atoms with Crippen LogP contribution in [-0.2, 0) is 0 Å². The van der Waals surface area contributed by atoms with Gasteiger partial charge in [-0.2, -0.15) is 0 Å². The van der Waals surface area contributed by atoms with Gasteiger partial charge in [0.15, 0.2) is 0 Å². The van der Waals surface area contributed by atoms with Crippen molar-refractivity contribution >= 4 is 26.9 Å². The minimum Gasteiger partial charge on any atom is -0.492 e. The van der Waals surface area contributed by atoms with E-state index in [0.717, 1.165) is 21.0 Å². The number of fused-ring (bicyclic) bond motifs is 1. The van der Waals surface area contributed by atoms with Crippen LogP contribution in [0.5, 0.6) is 5.75 Å². The molecule has 2 N–H and O–H groups in total. The molecule has 0 aliphatic carbocycles. The lowest BCUT2D eigenvalue weighted by molar-refractivity contribution is 0.338. The van der Waals surface area contributed by atoms with Crippen LogP contribution in [0.2, 0.25) is 0 Å². The smallest absolute Gasteiger partial charge is 0.148 e. The maximum atomic E-state index is 6.29. The summed E-state index contributed by atoms with van der Waals surface area (Å²) in [5.74, 6) is 1.41. The highest BCUT2D eigenvalue weighted by molar-refractivity contribution is 9.10. The molecule has 21 heavy (non-hydrogen) atoms. The lowest BCUT2D eigenvalue weighted by atomic mass is 10.1. The van der Waals surface area contributed by atoms with Crippen molar-refractivity contribution in [2.75, 3.05) is 6.61 Å². The monoisotopic (exact) mass is 346 g/mol. The van der Waals surface area contributed by atoms with Crippen LogP contribution in [0.1, 0.15) is 24.3 Å². The molecular weight excluding hydrogens is 332 g/mol. The zero-order valence-corrected chi connectivity index (χ0v) is 13.1. The molecule has 2 heterocycles. The van der Waals surface area contributed by atoms with Gasteiger partial charge in [-0.25, -0.2) is 0 Å². The zero-order chi connectivity index (χ0) is 14.8. The summed E-state index contributed by atoms with van der Waals surface area (Å²) in [6.45, 7) is 2.53. The fraction of sp³-hybridized carbons (Fsp3) is 0.188. The van der Waals surface area contributed by atoms with Gasteiger partial charge in [0, 0.05) is 11.6 Å². The first-order valence-corrected chi connectivity index (χ1v) is 7.49. The first-order chi connectivity index (χ1) is 10.2. The summed E-state index contributed by atoms with van der Waals surface area (Å²) in [5, 5.41) is 1.02. The first kappa shape index (κ1) is 14.1. The van der Waals surface area contributed by atoms with Gasteiger partial charge in [0.1, 0.15) is 17.1 Å². The molecule has 108 valence electrons. The Hall–Kier alpha value is -1.85. The standard InChI is InChI=1S/C16H15BrN2O2/c1-2-20-12-6-11(8-19-9-12)15(18)14-7-10-4-3-5-13(17)16(10)21-14/h3-9,15H,2,18H2,1H3. The summed E-state index contributed by atoms with van der Waals surface area (Å²) in [6.07, 6.45) is 3.41. The molecular formula is C16H15BrN2O2. The molecule has 3 aromatic rings. The molecule has 5 heteroatoms. The molecule has 0 fully saturated rings. The average Bonchev–Trinajstić information content (AvgIpc) is 2.93. The van der Waals surface area contributed by atoms with Crippen LogP contribution in [0.15, 0.2) is 51.6 Å². The van der Waals surface area contributed by atoms with Gasteiger partial charge < -0.3 is 14.9 Å². The Morgan fingerprint density at radius 2 is 2.19 bits per heavy atom. The van der Waals surface area contributed by atoms with Gasteiger partial charge in [-0.05, 0) is 46.6 Å². The summed E-state index contributed by atoms with van der Waals surface area (Å²) in [6, 6.07) is 9.38. The number of nitrogens with two attached hydrogens (primary N) is 1. The summed E-state index contributed by atoms with van der Waals surface area (Å²) in [5.41, 5.74) is 7.95. The first-order valence-electron chi connectivity index (χ1n) is 6.70. The molecule has 1 atom stereocenters. The minimum atomic E-state index is -0.378. The van der Waals surface area contributed by atoms with E-state index in [1.165, 1.54) is 0 Å². The number of ether oxygens (including phenoxy) is 1. The Morgan fingerprint density at radius 1 is 1.33 bits per heavy atom. The number of aromatic nitrogens is 1. The van der Waals surface area contributed by atoms with Gasteiger partial charge in [0.25, 0.3) is 0 Å². The van der Waals surface area contributed by atoms with Crippen molar-refractivity contribution in [3.8, 4) is 5.75 Å². The Bertz CT molecular complexity index is 770. The molecule has 0 bridgehead atoms. The predicted molar refractivity (Wildman–Crippen MR) is 85.4 cm³/mol. The second kappa shape index (κ2) is 5.87. The maximum Gasteiger partial charge on any atom is 0.148 e. The molecule has 3 rings (SSSR count). The van der Waals surface area contributed by atoms with Crippen LogP contribution in [0.4, 0.5) is 0 Å². The summed E-state index contributed by atoms with van der Waals surface area (Å²) in [4.78, 5) is 4.17. The van der Waals surface area contributed by atoms with Gasteiger partial charge in [0.2, 0.25) is 0 Å². The van der Waals surface area contributed by atoms with E-state index < -0.39 is 0 Å². The summed E-state index contributed by atoms with van der Waals surface area (Å²) < 4.78 is 12.2. The third-order valence-corrected chi connectivity index (χ3v) is 3.85. The molecule has 1 aromatic carbocycles. The highest BCUT2D eigenvalue weighted by Crippen LogP contribution is 2.31. The molecule has 0 spiro atoms. The quantitative estimate of drug-likeness (QED) is 0.774. The van der Waals surface area contributed by atoms with Crippen LogP contribution < -0.4 is 10.5 Å². The molecule has 0 aliphatic heterocycles. The average molecular weight is 347 g/mol. The molecule has 0 saturated heterocycles. The van der Waals surface area contributed by atoms with Crippen molar-refractivity contribution in [1.82, 2.24) is 4.98 Å². The molecule has 4 nitrogen and oxygen atoms in total. The topological polar surface area (TPSA) is 61.3 Å². The summed E-state index contributed by atoms with van der Waals surface area (Å²) >= 11 is 3.48. The number of hydrogen-bond acceptors (Lipinski definition) is 4.